The fourth-order valence-electron chi connectivity index (χ4n) is 4.02. The van der Waals surface area contributed by atoms with Crippen LogP contribution in [0, 0.1) is 13.8 Å². The zero-order valence-electron chi connectivity index (χ0n) is 16.9. The Kier molecular flexibility index (Phi) is 5.26. The van der Waals surface area contributed by atoms with Gasteiger partial charge in [-0.15, -0.1) is 0 Å². The second-order valence-electron chi connectivity index (χ2n) is 8.11. The first-order valence-corrected chi connectivity index (χ1v) is 10.3. The largest absolute Gasteiger partial charge is 0.427 e. The molecular weight excluding hydrogens is 368 g/mol. The van der Waals surface area contributed by atoms with E-state index in [-0.39, 0.29) is 11.5 Å². The van der Waals surface area contributed by atoms with Crippen molar-refractivity contribution in [3.63, 3.8) is 0 Å². The third-order valence-corrected chi connectivity index (χ3v) is 6.02. The Hall–Kier alpha value is -2.89. The van der Waals surface area contributed by atoms with E-state index in [0.29, 0.717) is 28.5 Å². The van der Waals surface area contributed by atoms with Crippen LogP contribution in [0.25, 0.3) is 0 Å². The predicted octanol–water partition coefficient (Wildman–Crippen LogP) is 4.01. The number of amides is 2. The van der Waals surface area contributed by atoms with Crippen LogP contribution in [0.4, 0.5) is 5.69 Å². The molecule has 0 spiro atoms. The molecule has 2 aliphatic rings. The summed E-state index contributed by atoms with van der Waals surface area (Å²) < 4.78 is 5.42. The van der Waals surface area contributed by atoms with Gasteiger partial charge in [-0.05, 0) is 74.9 Å². The highest BCUT2D eigenvalue weighted by molar-refractivity contribution is 6.05. The first-order valence-electron chi connectivity index (χ1n) is 10.3. The maximum atomic E-state index is 12.8. The summed E-state index contributed by atoms with van der Waals surface area (Å²) in [4.78, 5) is 39.6. The maximum Gasteiger partial charge on any atom is 0.349 e. The number of rotatable bonds is 4. The minimum absolute atomic E-state index is 0.0200. The summed E-state index contributed by atoms with van der Waals surface area (Å²) in [6.07, 6.45) is 5.27. The predicted molar refractivity (Wildman–Crippen MR) is 111 cm³/mol. The van der Waals surface area contributed by atoms with Gasteiger partial charge in [0.2, 0.25) is 0 Å². The Balaban J connectivity index is 1.52. The number of nitrogens with one attached hydrogen (secondary N) is 1. The van der Waals surface area contributed by atoms with Gasteiger partial charge in [0, 0.05) is 30.3 Å². The van der Waals surface area contributed by atoms with Crippen molar-refractivity contribution in [1.82, 2.24) is 4.90 Å². The SMILES string of the molecule is Cc1cc(C(=O)N2CCCC2)ccc1NC(=O)c1c(C)cc(C2CCC2)oc1=O. The standard InChI is InChI=1S/C23H26N2O4/c1-14-12-17(22(27)25-10-3-4-11-25)8-9-18(14)24-21(26)20-15(2)13-19(29-23(20)28)16-6-5-7-16/h8-9,12-13,16H,3-7,10-11H2,1-2H3,(H,24,26). The highest BCUT2D eigenvalue weighted by atomic mass is 16.4. The molecule has 4 rings (SSSR count). The average Bonchev–Trinajstić information content (AvgIpc) is 3.15. The number of carbonyl (C=O) groups excluding carboxylic acids is 2. The van der Waals surface area contributed by atoms with Gasteiger partial charge in [0.25, 0.3) is 11.8 Å². The number of carbonyl (C=O) groups is 2. The third-order valence-electron chi connectivity index (χ3n) is 6.02. The molecule has 0 radical (unpaired) electrons. The van der Waals surface area contributed by atoms with E-state index in [1.165, 1.54) is 0 Å². The number of aryl methyl sites for hydroxylation is 2. The van der Waals surface area contributed by atoms with Crippen LogP contribution in [-0.4, -0.2) is 29.8 Å². The van der Waals surface area contributed by atoms with Crippen molar-refractivity contribution < 1.29 is 14.0 Å². The molecule has 1 saturated heterocycles. The van der Waals surface area contributed by atoms with Gasteiger partial charge in [-0.3, -0.25) is 9.59 Å². The molecule has 0 atom stereocenters. The van der Waals surface area contributed by atoms with E-state index in [1.54, 1.807) is 25.1 Å². The van der Waals surface area contributed by atoms with E-state index in [0.717, 1.165) is 50.8 Å². The topological polar surface area (TPSA) is 79.6 Å². The first-order chi connectivity index (χ1) is 13.9. The molecule has 0 unspecified atom stereocenters. The summed E-state index contributed by atoms with van der Waals surface area (Å²) in [6, 6.07) is 7.03. The fourth-order valence-corrected chi connectivity index (χ4v) is 4.02. The second kappa shape index (κ2) is 7.85. The number of nitrogens with zero attached hydrogens (tertiary/aromatic N) is 1. The molecule has 0 bridgehead atoms. The van der Waals surface area contributed by atoms with Gasteiger partial charge in [-0.2, -0.15) is 0 Å². The van der Waals surface area contributed by atoms with E-state index in [2.05, 4.69) is 5.32 Å². The minimum atomic E-state index is -0.595. The van der Waals surface area contributed by atoms with Crippen molar-refractivity contribution in [2.24, 2.45) is 0 Å². The van der Waals surface area contributed by atoms with Crippen LogP contribution in [0.5, 0.6) is 0 Å². The highest BCUT2D eigenvalue weighted by Gasteiger charge is 2.25. The molecule has 2 heterocycles. The zero-order valence-corrected chi connectivity index (χ0v) is 16.9. The van der Waals surface area contributed by atoms with Crippen LogP contribution >= 0.6 is 0 Å². The summed E-state index contributed by atoms with van der Waals surface area (Å²) in [5.41, 5.74) is 2.03. The monoisotopic (exact) mass is 394 g/mol. The average molecular weight is 394 g/mol. The molecule has 1 aliphatic heterocycles. The van der Waals surface area contributed by atoms with E-state index >= 15 is 0 Å². The Morgan fingerprint density at radius 1 is 1.03 bits per heavy atom. The van der Waals surface area contributed by atoms with E-state index in [1.807, 2.05) is 17.9 Å². The second-order valence-corrected chi connectivity index (χ2v) is 8.11. The van der Waals surface area contributed by atoms with E-state index < -0.39 is 11.5 Å². The maximum absolute atomic E-state index is 12.8. The van der Waals surface area contributed by atoms with Crippen LogP contribution < -0.4 is 10.9 Å². The number of benzene rings is 1. The van der Waals surface area contributed by atoms with Crippen molar-refractivity contribution >= 4 is 17.5 Å². The van der Waals surface area contributed by atoms with Crippen LogP contribution in [0.1, 0.15) is 75.6 Å². The van der Waals surface area contributed by atoms with Gasteiger partial charge in [0.05, 0.1) is 0 Å². The Morgan fingerprint density at radius 2 is 1.76 bits per heavy atom. The lowest BCUT2D eigenvalue weighted by Gasteiger charge is -2.24. The fraction of sp³-hybridized carbons (Fsp3) is 0.435. The highest BCUT2D eigenvalue weighted by Crippen LogP contribution is 2.36. The van der Waals surface area contributed by atoms with Crippen molar-refractivity contribution in [2.45, 2.75) is 51.9 Å². The molecule has 2 amide bonds. The van der Waals surface area contributed by atoms with Crippen LogP contribution in [0.15, 0.2) is 33.5 Å². The van der Waals surface area contributed by atoms with Crippen LogP contribution in [-0.2, 0) is 0 Å². The Bertz CT molecular complexity index is 1010. The summed E-state index contributed by atoms with van der Waals surface area (Å²) in [5.74, 6) is 0.502. The molecule has 1 aromatic carbocycles. The molecule has 1 saturated carbocycles. The van der Waals surface area contributed by atoms with Gasteiger partial charge in [-0.1, -0.05) is 6.42 Å². The van der Waals surface area contributed by atoms with E-state index in [4.69, 9.17) is 4.42 Å². The lowest BCUT2D eigenvalue weighted by atomic mass is 9.83. The third kappa shape index (κ3) is 3.84. The molecular formula is C23H26N2O4. The van der Waals surface area contributed by atoms with Gasteiger partial charge < -0.3 is 14.6 Å². The number of likely N-dealkylation sites (tertiary alicyclic amines) is 1. The Morgan fingerprint density at radius 3 is 2.34 bits per heavy atom. The molecule has 1 N–H and O–H groups in total. The van der Waals surface area contributed by atoms with Crippen LogP contribution in [0.2, 0.25) is 0 Å². The van der Waals surface area contributed by atoms with Crippen LogP contribution in [0.3, 0.4) is 0 Å². The quantitative estimate of drug-likeness (QED) is 0.850. The van der Waals surface area contributed by atoms with Gasteiger partial charge in [0.15, 0.2) is 0 Å². The number of anilines is 1. The number of hydrogen-bond donors (Lipinski definition) is 1. The summed E-state index contributed by atoms with van der Waals surface area (Å²) in [6.45, 7) is 5.19. The van der Waals surface area contributed by atoms with Crippen molar-refractivity contribution in [2.75, 3.05) is 18.4 Å². The minimum Gasteiger partial charge on any atom is -0.427 e. The summed E-state index contributed by atoms with van der Waals surface area (Å²) in [7, 11) is 0. The lowest BCUT2D eigenvalue weighted by Crippen LogP contribution is -2.27. The van der Waals surface area contributed by atoms with E-state index in [9.17, 15) is 14.4 Å². The zero-order chi connectivity index (χ0) is 20.5. The molecule has 6 nitrogen and oxygen atoms in total. The lowest BCUT2D eigenvalue weighted by molar-refractivity contribution is 0.0792. The van der Waals surface area contributed by atoms with Gasteiger partial charge in [-0.25, -0.2) is 4.79 Å². The normalized spacial score (nSPS) is 16.6. The summed E-state index contributed by atoms with van der Waals surface area (Å²) in [5, 5.41) is 2.80. The molecule has 2 aromatic rings. The molecule has 1 aliphatic carbocycles. The Labute approximate surface area is 169 Å². The number of hydrogen-bond acceptors (Lipinski definition) is 4. The molecule has 2 fully saturated rings. The van der Waals surface area contributed by atoms with Crippen molar-refractivity contribution in [1.29, 1.82) is 0 Å². The molecule has 152 valence electrons. The first kappa shape index (κ1) is 19.4. The van der Waals surface area contributed by atoms with Crippen molar-refractivity contribution in [3.8, 4) is 0 Å². The molecule has 6 heteroatoms. The smallest absolute Gasteiger partial charge is 0.349 e. The van der Waals surface area contributed by atoms with Gasteiger partial charge >= 0.3 is 5.63 Å². The van der Waals surface area contributed by atoms with Gasteiger partial charge in [0.1, 0.15) is 11.3 Å². The van der Waals surface area contributed by atoms with Crippen molar-refractivity contribution in [3.05, 3.63) is 62.7 Å². The summed E-state index contributed by atoms with van der Waals surface area (Å²) >= 11 is 0. The molecule has 1 aromatic heterocycles. The molecule has 29 heavy (non-hydrogen) atoms.